The summed E-state index contributed by atoms with van der Waals surface area (Å²) in [5.74, 6) is 1.12. The lowest BCUT2D eigenvalue weighted by molar-refractivity contribution is -0.0498. The molecule has 2 rings (SSSR count). The molecule has 0 amide bonds. The molecular formula is C24H32F2O2. The van der Waals surface area contributed by atoms with Crippen LogP contribution in [0, 0.1) is 0 Å². The fourth-order valence-corrected chi connectivity index (χ4v) is 3.13. The minimum atomic E-state index is -2.78. The van der Waals surface area contributed by atoms with Gasteiger partial charge in [-0.2, -0.15) is 8.78 Å². The monoisotopic (exact) mass is 390 g/mol. The molecule has 28 heavy (non-hydrogen) atoms. The summed E-state index contributed by atoms with van der Waals surface area (Å²) in [5.41, 5.74) is 2.33. The van der Waals surface area contributed by atoms with Crippen LogP contribution in [0.25, 0.3) is 0 Å². The summed E-state index contributed by atoms with van der Waals surface area (Å²) in [7, 11) is 0. The lowest BCUT2D eigenvalue weighted by Crippen LogP contribution is -2.01. The predicted molar refractivity (Wildman–Crippen MR) is 110 cm³/mol. The van der Waals surface area contributed by atoms with Gasteiger partial charge in [-0.3, -0.25) is 0 Å². The van der Waals surface area contributed by atoms with E-state index in [9.17, 15) is 8.78 Å². The first-order chi connectivity index (χ1) is 13.7. The molecule has 0 aliphatic heterocycles. The summed E-state index contributed by atoms with van der Waals surface area (Å²) in [4.78, 5) is 0. The second-order valence-electron chi connectivity index (χ2n) is 7.14. The quantitative estimate of drug-likeness (QED) is 0.317. The first-order valence-corrected chi connectivity index (χ1v) is 10.4. The van der Waals surface area contributed by atoms with E-state index in [4.69, 9.17) is 4.74 Å². The van der Waals surface area contributed by atoms with Gasteiger partial charge in [0.15, 0.2) is 0 Å². The SMILES string of the molecule is CCCCCCCCCOc1ccc(CCc2ccc(OC(F)F)cc2)cc1. The average molecular weight is 391 g/mol. The number of alkyl halides is 2. The number of benzene rings is 2. The zero-order valence-corrected chi connectivity index (χ0v) is 16.8. The minimum absolute atomic E-state index is 0.196. The molecule has 0 atom stereocenters. The van der Waals surface area contributed by atoms with Gasteiger partial charge in [0, 0.05) is 0 Å². The molecule has 0 spiro atoms. The van der Waals surface area contributed by atoms with Crippen LogP contribution in [0.1, 0.15) is 63.0 Å². The normalized spacial score (nSPS) is 11.0. The summed E-state index contributed by atoms with van der Waals surface area (Å²) < 4.78 is 34.5. The van der Waals surface area contributed by atoms with Gasteiger partial charge < -0.3 is 9.47 Å². The minimum Gasteiger partial charge on any atom is -0.494 e. The van der Waals surface area contributed by atoms with Gasteiger partial charge in [-0.15, -0.1) is 0 Å². The van der Waals surface area contributed by atoms with Crippen molar-refractivity contribution in [2.45, 2.75) is 71.3 Å². The molecule has 0 aromatic heterocycles. The van der Waals surface area contributed by atoms with E-state index in [2.05, 4.69) is 23.8 Å². The molecule has 0 heterocycles. The highest BCUT2D eigenvalue weighted by molar-refractivity contribution is 5.30. The van der Waals surface area contributed by atoms with Gasteiger partial charge in [0.05, 0.1) is 6.61 Å². The molecule has 0 N–H and O–H groups in total. The summed E-state index contributed by atoms with van der Waals surface area (Å²) in [6.07, 6.45) is 10.7. The Balaban J connectivity index is 1.63. The number of halogens is 2. The standard InChI is InChI=1S/C24H32F2O2/c1-2-3-4-5-6-7-8-19-27-22-15-11-20(12-16-22)9-10-21-13-17-23(18-14-21)28-24(25)26/h11-18,24H,2-10,19H2,1H3. The molecule has 0 bridgehead atoms. The molecule has 0 aliphatic rings. The Morgan fingerprint density at radius 3 is 1.71 bits per heavy atom. The van der Waals surface area contributed by atoms with Crippen molar-refractivity contribution in [3.8, 4) is 11.5 Å². The molecule has 154 valence electrons. The van der Waals surface area contributed by atoms with Crippen LogP contribution in [0.4, 0.5) is 8.78 Å². The van der Waals surface area contributed by atoms with E-state index in [1.54, 1.807) is 12.1 Å². The zero-order chi connectivity index (χ0) is 20.0. The molecule has 2 aromatic carbocycles. The van der Waals surface area contributed by atoms with E-state index in [1.807, 2.05) is 24.3 Å². The number of hydrogen-bond acceptors (Lipinski definition) is 2. The van der Waals surface area contributed by atoms with E-state index >= 15 is 0 Å². The summed E-state index contributed by atoms with van der Waals surface area (Å²) >= 11 is 0. The molecule has 0 radical (unpaired) electrons. The lowest BCUT2D eigenvalue weighted by atomic mass is 10.0. The van der Waals surface area contributed by atoms with Crippen molar-refractivity contribution in [1.29, 1.82) is 0 Å². The van der Waals surface area contributed by atoms with Crippen LogP contribution in [0.5, 0.6) is 11.5 Å². The highest BCUT2D eigenvalue weighted by Crippen LogP contribution is 2.18. The van der Waals surface area contributed by atoms with Gasteiger partial charge >= 0.3 is 6.61 Å². The fourth-order valence-electron chi connectivity index (χ4n) is 3.13. The van der Waals surface area contributed by atoms with Gasteiger partial charge in [0.2, 0.25) is 0 Å². The number of unbranched alkanes of at least 4 members (excludes halogenated alkanes) is 6. The van der Waals surface area contributed by atoms with Crippen molar-refractivity contribution < 1.29 is 18.3 Å². The third-order valence-corrected chi connectivity index (χ3v) is 4.79. The Morgan fingerprint density at radius 2 is 1.18 bits per heavy atom. The van der Waals surface area contributed by atoms with Crippen LogP contribution < -0.4 is 9.47 Å². The third-order valence-electron chi connectivity index (χ3n) is 4.79. The van der Waals surface area contributed by atoms with E-state index in [0.717, 1.165) is 37.2 Å². The first kappa shape index (κ1) is 22.2. The molecular weight excluding hydrogens is 358 g/mol. The number of ether oxygens (including phenoxy) is 2. The first-order valence-electron chi connectivity index (χ1n) is 10.4. The van der Waals surface area contributed by atoms with Crippen LogP contribution in [0.2, 0.25) is 0 Å². The Hall–Kier alpha value is -2.10. The fraction of sp³-hybridized carbons (Fsp3) is 0.500. The topological polar surface area (TPSA) is 18.5 Å². The molecule has 0 aliphatic carbocycles. The molecule has 2 aromatic rings. The summed E-state index contributed by atoms with van der Waals surface area (Å²) in [6, 6.07) is 15.1. The van der Waals surface area contributed by atoms with E-state index in [1.165, 1.54) is 44.1 Å². The van der Waals surface area contributed by atoms with Crippen LogP contribution in [-0.4, -0.2) is 13.2 Å². The van der Waals surface area contributed by atoms with Gasteiger partial charge in [-0.05, 0) is 54.7 Å². The van der Waals surface area contributed by atoms with Crippen molar-refractivity contribution in [1.82, 2.24) is 0 Å². The number of rotatable bonds is 14. The molecule has 0 fully saturated rings. The smallest absolute Gasteiger partial charge is 0.387 e. The van der Waals surface area contributed by atoms with Crippen LogP contribution >= 0.6 is 0 Å². The maximum absolute atomic E-state index is 12.2. The van der Waals surface area contributed by atoms with Crippen molar-refractivity contribution in [3.63, 3.8) is 0 Å². The van der Waals surface area contributed by atoms with Crippen LogP contribution in [0.15, 0.2) is 48.5 Å². The van der Waals surface area contributed by atoms with Gasteiger partial charge in [-0.1, -0.05) is 69.7 Å². The Kier molecular flexibility index (Phi) is 10.4. The number of aryl methyl sites for hydroxylation is 2. The maximum Gasteiger partial charge on any atom is 0.387 e. The Morgan fingerprint density at radius 1 is 0.679 bits per heavy atom. The predicted octanol–water partition coefficient (Wildman–Crippen LogP) is 7.20. The van der Waals surface area contributed by atoms with Gasteiger partial charge in [0.25, 0.3) is 0 Å². The summed E-state index contributed by atoms with van der Waals surface area (Å²) in [6.45, 7) is 0.239. The van der Waals surface area contributed by atoms with E-state index in [-0.39, 0.29) is 5.75 Å². The van der Waals surface area contributed by atoms with Crippen molar-refractivity contribution >= 4 is 0 Å². The average Bonchev–Trinajstić information content (AvgIpc) is 2.70. The molecule has 0 saturated carbocycles. The van der Waals surface area contributed by atoms with Gasteiger partial charge in [-0.25, -0.2) is 0 Å². The lowest BCUT2D eigenvalue weighted by Gasteiger charge is -2.08. The maximum atomic E-state index is 12.2. The van der Waals surface area contributed by atoms with Crippen LogP contribution in [0.3, 0.4) is 0 Å². The molecule has 4 heteroatoms. The van der Waals surface area contributed by atoms with Crippen molar-refractivity contribution in [2.75, 3.05) is 6.61 Å². The Labute approximate surface area is 167 Å². The second-order valence-corrected chi connectivity index (χ2v) is 7.14. The van der Waals surface area contributed by atoms with Crippen molar-refractivity contribution in [2.24, 2.45) is 0 Å². The van der Waals surface area contributed by atoms with E-state index < -0.39 is 6.61 Å². The molecule has 0 saturated heterocycles. The van der Waals surface area contributed by atoms with Crippen molar-refractivity contribution in [3.05, 3.63) is 59.7 Å². The van der Waals surface area contributed by atoms with E-state index in [0.29, 0.717) is 0 Å². The molecule has 2 nitrogen and oxygen atoms in total. The molecule has 0 unspecified atom stereocenters. The highest BCUT2D eigenvalue weighted by atomic mass is 19.3. The third kappa shape index (κ3) is 9.20. The number of hydrogen-bond donors (Lipinski definition) is 0. The highest BCUT2D eigenvalue weighted by Gasteiger charge is 2.04. The Bertz CT molecular complexity index is 639. The second kappa shape index (κ2) is 13.1. The zero-order valence-electron chi connectivity index (χ0n) is 16.8. The van der Waals surface area contributed by atoms with Gasteiger partial charge in [0.1, 0.15) is 11.5 Å². The van der Waals surface area contributed by atoms with Crippen LogP contribution in [-0.2, 0) is 12.8 Å². The summed E-state index contributed by atoms with van der Waals surface area (Å²) in [5, 5.41) is 0. The largest absolute Gasteiger partial charge is 0.494 e.